The lowest BCUT2D eigenvalue weighted by Crippen LogP contribution is -2.37. The molecule has 1 saturated heterocycles. The van der Waals surface area contributed by atoms with Crippen LogP contribution in [0.1, 0.15) is 20.3 Å². The number of rotatable bonds is 6. The molecular formula is C16H26N2O2. The van der Waals surface area contributed by atoms with Gasteiger partial charge in [-0.3, -0.25) is 4.90 Å². The Labute approximate surface area is 122 Å². The Morgan fingerprint density at radius 3 is 2.75 bits per heavy atom. The molecule has 1 unspecified atom stereocenters. The van der Waals surface area contributed by atoms with Crippen LogP contribution < -0.4 is 14.8 Å². The van der Waals surface area contributed by atoms with Crippen molar-refractivity contribution in [3.05, 3.63) is 24.3 Å². The van der Waals surface area contributed by atoms with Gasteiger partial charge in [-0.2, -0.15) is 0 Å². The van der Waals surface area contributed by atoms with E-state index in [-0.39, 0.29) is 0 Å². The summed E-state index contributed by atoms with van der Waals surface area (Å²) in [5.74, 6) is 1.68. The van der Waals surface area contributed by atoms with Crippen LogP contribution in [0.5, 0.6) is 11.5 Å². The Balaban J connectivity index is 1.80. The van der Waals surface area contributed by atoms with Crippen molar-refractivity contribution >= 4 is 0 Å². The van der Waals surface area contributed by atoms with Crippen LogP contribution in [-0.2, 0) is 0 Å². The first-order valence-electron chi connectivity index (χ1n) is 7.60. The normalized spacial score (nSPS) is 20.4. The zero-order chi connectivity index (χ0) is 14.2. The Morgan fingerprint density at radius 1 is 1.25 bits per heavy atom. The van der Waals surface area contributed by atoms with E-state index >= 15 is 0 Å². The Kier molecular flexibility index (Phi) is 6.15. The summed E-state index contributed by atoms with van der Waals surface area (Å²) in [5.41, 5.74) is 0. The van der Waals surface area contributed by atoms with E-state index in [2.05, 4.69) is 17.1 Å². The third-order valence-electron chi connectivity index (χ3n) is 3.49. The van der Waals surface area contributed by atoms with Crippen LogP contribution in [0.2, 0.25) is 0 Å². The fraction of sp³-hybridized carbons (Fsp3) is 0.625. The third kappa shape index (κ3) is 4.69. The van der Waals surface area contributed by atoms with Crippen molar-refractivity contribution in [2.24, 2.45) is 0 Å². The molecule has 0 saturated carbocycles. The van der Waals surface area contributed by atoms with Crippen LogP contribution in [0.25, 0.3) is 0 Å². The van der Waals surface area contributed by atoms with E-state index in [1.807, 2.05) is 31.2 Å². The molecule has 1 aromatic carbocycles. The third-order valence-corrected chi connectivity index (χ3v) is 3.49. The van der Waals surface area contributed by atoms with Gasteiger partial charge in [-0.1, -0.05) is 12.1 Å². The molecule has 1 N–H and O–H groups in total. The maximum Gasteiger partial charge on any atom is 0.161 e. The first-order valence-corrected chi connectivity index (χ1v) is 7.60. The highest BCUT2D eigenvalue weighted by molar-refractivity contribution is 5.39. The Hall–Kier alpha value is -1.26. The maximum atomic E-state index is 5.88. The summed E-state index contributed by atoms with van der Waals surface area (Å²) in [4.78, 5) is 2.47. The summed E-state index contributed by atoms with van der Waals surface area (Å²) in [7, 11) is 0. The molecule has 2 rings (SSSR count). The second kappa shape index (κ2) is 8.12. The molecule has 1 atom stereocenters. The molecule has 4 heteroatoms. The van der Waals surface area contributed by atoms with Gasteiger partial charge in [0, 0.05) is 19.1 Å². The van der Waals surface area contributed by atoms with E-state index in [9.17, 15) is 0 Å². The maximum absolute atomic E-state index is 5.88. The number of benzene rings is 1. The van der Waals surface area contributed by atoms with Gasteiger partial charge in [-0.15, -0.1) is 0 Å². The van der Waals surface area contributed by atoms with Crippen molar-refractivity contribution < 1.29 is 9.47 Å². The first kappa shape index (κ1) is 15.1. The molecule has 1 aliphatic rings. The zero-order valence-electron chi connectivity index (χ0n) is 12.6. The van der Waals surface area contributed by atoms with E-state index < -0.39 is 0 Å². The molecule has 4 nitrogen and oxygen atoms in total. The van der Waals surface area contributed by atoms with E-state index in [0.717, 1.165) is 37.7 Å². The van der Waals surface area contributed by atoms with Crippen LogP contribution in [0.15, 0.2) is 24.3 Å². The zero-order valence-corrected chi connectivity index (χ0v) is 12.6. The van der Waals surface area contributed by atoms with Gasteiger partial charge in [0.15, 0.2) is 11.5 Å². The van der Waals surface area contributed by atoms with E-state index in [0.29, 0.717) is 19.3 Å². The highest BCUT2D eigenvalue weighted by Crippen LogP contribution is 2.26. The molecule has 112 valence electrons. The lowest BCUT2D eigenvalue weighted by atomic mass is 10.3. The lowest BCUT2D eigenvalue weighted by molar-refractivity contribution is 0.202. The fourth-order valence-corrected chi connectivity index (χ4v) is 2.53. The van der Waals surface area contributed by atoms with Gasteiger partial charge in [0.2, 0.25) is 0 Å². The van der Waals surface area contributed by atoms with Gasteiger partial charge in [-0.25, -0.2) is 0 Å². The van der Waals surface area contributed by atoms with Crippen molar-refractivity contribution in [1.29, 1.82) is 0 Å². The number of hydrogen-bond acceptors (Lipinski definition) is 4. The standard InChI is InChI=1S/C16H26N2O2/c1-3-19-15-7-4-5-8-16(15)20-12-11-18-10-6-9-17-14(2)13-18/h4-5,7-8,14,17H,3,6,9-13H2,1-2H3. The summed E-state index contributed by atoms with van der Waals surface area (Å²) >= 11 is 0. The Morgan fingerprint density at radius 2 is 2.00 bits per heavy atom. The largest absolute Gasteiger partial charge is 0.490 e. The molecule has 0 amide bonds. The van der Waals surface area contributed by atoms with E-state index in [1.54, 1.807) is 0 Å². The van der Waals surface area contributed by atoms with E-state index in [4.69, 9.17) is 9.47 Å². The molecule has 1 heterocycles. The quantitative estimate of drug-likeness (QED) is 0.864. The summed E-state index contributed by atoms with van der Waals surface area (Å²) < 4.78 is 11.4. The molecule has 1 fully saturated rings. The monoisotopic (exact) mass is 278 g/mol. The summed E-state index contributed by atoms with van der Waals surface area (Å²) in [6.45, 7) is 9.92. The fourth-order valence-electron chi connectivity index (χ4n) is 2.53. The summed E-state index contributed by atoms with van der Waals surface area (Å²) in [6, 6.07) is 8.44. The van der Waals surface area contributed by atoms with E-state index in [1.165, 1.54) is 6.42 Å². The molecule has 1 aromatic rings. The highest BCUT2D eigenvalue weighted by Gasteiger charge is 2.13. The minimum Gasteiger partial charge on any atom is -0.490 e. The number of hydrogen-bond donors (Lipinski definition) is 1. The SMILES string of the molecule is CCOc1ccccc1OCCN1CCCNC(C)C1. The molecular weight excluding hydrogens is 252 g/mol. The topological polar surface area (TPSA) is 33.7 Å². The smallest absolute Gasteiger partial charge is 0.161 e. The van der Waals surface area contributed by atoms with Crippen molar-refractivity contribution in [3.8, 4) is 11.5 Å². The highest BCUT2D eigenvalue weighted by atomic mass is 16.5. The van der Waals surface area contributed by atoms with Gasteiger partial charge in [-0.05, 0) is 45.5 Å². The van der Waals surface area contributed by atoms with Crippen LogP contribution in [-0.4, -0.2) is 50.3 Å². The predicted molar refractivity (Wildman–Crippen MR) is 81.6 cm³/mol. The summed E-state index contributed by atoms with van der Waals surface area (Å²) in [6.07, 6.45) is 1.21. The minimum atomic E-state index is 0.563. The van der Waals surface area contributed by atoms with Crippen LogP contribution in [0, 0.1) is 0 Å². The average molecular weight is 278 g/mol. The molecule has 1 aliphatic heterocycles. The average Bonchev–Trinajstić information content (AvgIpc) is 2.65. The van der Waals surface area contributed by atoms with Gasteiger partial charge in [0.1, 0.15) is 6.61 Å². The number of nitrogens with zero attached hydrogens (tertiary/aromatic N) is 1. The summed E-state index contributed by atoms with van der Waals surface area (Å²) in [5, 5.41) is 3.51. The van der Waals surface area contributed by atoms with Crippen molar-refractivity contribution in [2.75, 3.05) is 39.4 Å². The molecule has 0 bridgehead atoms. The number of para-hydroxylation sites is 2. The molecule has 0 aliphatic carbocycles. The van der Waals surface area contributed by atoms with Crippen LogP contribution in [0.4, 0.5) is 0 Å². The van der Waals surface area contributed by atoms with Gasteiger partial charge >= 0.3 is 0 Å². The number of nitrogens with one attached hydrogen (secondary N) is 1. The number of ether oxygens (including phenoxy) is 2. The first-order chi connectivity index (χ1) is 9.79. The molecule has 20 heavy (non-hydrogen) atoms. The van der Waals surface area contributed by atoms with Gasteiger partial charge in [0.05, 0.1) is 6.61 Å². The minimum absolute atomic E-state index is 0.563. The Bertz CT molecular complexity index is 398. The van der Waals surface area contributed by atoms with Crippen molar-refractivity contribution in [3.63, 3.8) is 0 Å². The van der Waals surface area contributed by atoms with Gasteiger partial charge in [0.25, 0.3) is 0 Å². The van der Waals surface area contributed by atoms with Crippen LogP contribution in [0.3, 0.4) is 0 Å². The predicted octanol–water partition coefficient (Wildman–Crippen LogP) is 2.15. The lowest BCUT2D eigenvalue weighted by Gasteiger charge is -2.22. The van der Waals surface area contributed by atoms with Crippen molar-refractivity contribution in [1.82, 2.24) is 10.2 Å². The molecule has 0 spiro atoms. The van der Waals surface area contributed by atoms with Crippen LogP contribution >= 0.6 is 0 Å². The molecule has 0 aromatic heterocycles. The molecule has 0 radical (unpaired) electrons. The van der Waals surface area contributed by atoms with Gasteiger partial charge < -0.3 is 14.8 Å². The second-order valence-corrected chi connectivity index (χ2v) is 5.24. The van der Waals surface area contributed by atoms with Crippen molar-refractivity contribution in [2.45, 2.75) is 26.3 Å². The second-order valence-electron chi connectivity index (χ2n) is 5.24.